The van der Waals surface area contributed by atoms with E-state index in [0.717, 1.165) is 23.9 Å². The van der Waals surface area contributed by atoms with Crippen LogP contribution in [-0.2, 0) is 11.2 Å². The molecule has 0 spiro atoms. The maximum Gasteiger partial charge on any atom is 0.226 e. The van der Waals surface area contributed by atoms with Gasteiger partial charge < -0.3 is 4.90 Å². The van der Waals surface area contributed by atoms with Gasteiger partial charge in [0.2, 0.25) is 5.91 Å². The third-order valence-corrected chi connectivity index (χ3v) is 3.13. The number of likely N-dealkylation sites (N-methyl/N-ethyl adjacent to an activating group) is 1. The molecule has 0 radical (unpaired) electrons. The van der Waals surface area contributed by atoms with Gasteiger partial charge in [-0.25, -0.2) is 0 Å². The molecule has 1 rings (SSSR count). The lowest BCUT2D eigenvalue weighted by molar-refractivity contribution is -0.129. The molecule has 0 unspecified atom stereocenters. The minimum Gasteiger partial charge on any atom is -0.345 e. The van der Waals surface area contributed by atoms with E-state index in [0.29, 0.717) is 11.4 Å². The molecule has 0 saturated heterocycles. The van der Waals surface area contributed by atoms with Gasteiger partial charge >= 0.3 is 0 Å². The molecule has 0 saturated carbocycles. The quantitative estimate of drug-likeness (QED) is 0.765. The van der Waals surface area contributed by atoms with Crippen molar-refractivity contribution in [2.75, 3.05) is 18.9 Å². The van der Waals surface area contributed by atoms with Crippen molar-refractivity contribution in [3.05, 3.63) is 34.9 Å². The Morgan fingerprint density at radius 1 is 1.38 bits per heavy atom. The molecule has 0 bridgehead atoms. The Kier molecular flexibility index (Phi) is 5.85. The Morgan fingerprint density at radius 2 is 2.00 bits per heavy atom. The minimum absolute atomic E-state index is 0.142. The van der Waals surface area contributed by atoms with Crippen LogP contribution in [0.1, 0.15) is 12.0 Å². The van der Waals surface area contributed by atoms with Crippen molar-refractivity contribution in [1.29, 1.82) is 0 Å². The summed E-state index contributed by atoms with van der Waals surface area (Å²) in [5.74, 6) is 0.142. The lowest BCUT2D eigenvalue weighted by atomic mass is 10.1. The fourth-order valence-electron chi connectivity index (χ4n) is 1.33. The minimum atomic E-state index is 0.142. The van der Waals surface area contributed by atoms with Gasteiger partial charge in [0.25, 0.3) is 0 Å². The summed E-state index contributed by atoms with van der Waals surface area (Å²) < 4.78 is 0. The molecule has 0 heterocycles. The first-order valence-corrected chi connectivity index (χ1v) is 6.68. The van der Waals surface area contributed by atoms with Gasteiger partial charge in [0.15, 0.2) is 0 Å². The molecular formula is C12H15BrClNO. The molecule has 88 valence electrons. The van der Waals surface area contributed by atoms with Crippen LogP contribution in [0.4, 0.5) is 0 Å². The summed E-state index contributed by atoms with van der Waals surface area (Å²) in [6.07, 6.45) is 1.42. The van der Waals surface area contributed by atoms with Gasteiger partial charge in [-0.1, -0.05) is 39.7 Å². The van der Waals surface area contributed by atoms with E-state index in [4.69, 9.17) is 11.6 Å². The van der Waals surface area contributed by atoms with E-state index in [-0.39, 0.29) is 5.91 Å². The number of carbonyl (C=O) groups excluding carboxylic acids is 1. The zero-order valence-electron chi connectivity index (χ0n) is 9.25. The van der Waals surface area contributed by atoms with Gasteiger partial charge in [0, 0.05) is 23.9 Å². The normalized spacial score (nSPS) is 10.2. The van der Waals surface area contributed by atoms with Crippen LogP contribution in [0, 0.1) is 0 Å². The van der Waals surface area contributed by atoms with Crippen molar-refractivity contribution in [2.24, 2.45) is 0 Å². The Morgan fingerprint density at radius 3 is 2.56 bits per heavy atom. The highest BCUT2D eigenvalue weighted by molar-refractivity contribution is 9.09. The molecule has 1 aromatic rings. The summed E-state index contributed by atoms with van der Waals surface area (Å²) in [4.78, 5) is 13.5. The number of amides is 1. The predicted molar refractivity (Wildman–Crippen MR) is 71.2 cm³/mol. The van der Waals surface area contributed by atoms with E-state index in [1.807, 2.05) is 31.3 Å². The summed E-state index contributed by atoms with van der Waals surface area (Å²) in [5.41, 5.74) is 1.00. The first kappa shape index (κ1) is 13.5. The topological polar surface area (TPSA) is 20.3 Å². The zero-order valence-corrected chi connectivity index (χ0v) is 11.6. The maximum absolute atomic E-state index is 11.8. The molecule has 2 nitrogen and oxygen atoms in total. The van der Waals surface area contributed by atoms with Crippen LogP contribution in [0.5, 0.6) is 0 Å². The number of nitrogens with zero attached hydrogens (tertiary/aromatic N) is 1. The Hall–Kier alpha value is -0.540. The summed E-state index contributed by atoms with van der Waals surface area (Å²) in [5, 5.41) is 1.62. The van der Waals surface area contributed by atoms with Crippen molar-refractivity contribution in [1.82, 2.24) is 4.90 Å². The highest BCUT2D eigenvalue weighted by Crippen LogP contribution is 2.10. The van der Waals surface area contributed by atoms with Crippen molar-refractivity contribution in [3.8, 4) is 0 Å². The predicted octanol–water partition coefficient (Wildman–Crippen LogP) is 3.13. The molecule has 1 aromatic carbocycles. The van der Waals surface area contributed by atoms with Gasteiger partial charge in [0.1, 0.15) is 0 Å². The molecule has 4 heteroatoms. The molecule has 16 heavy (non-hydrogen) atoms. The number of halogens is 2. The van der Waals surface area contributed by atoms with E-state index in [1.54, 1.807) is 4.90 Å². The Balaban J connectivity index is 2.47. The van der Waals surface area contributed by atoms with Crippen molar-refractivity contribution < 1.29 is 4.79 Å². The lowest BCUT2D eigenvalue weighted by Crippen LogP contribution is -2.29. The molecule has 0 atom stereocenters. The van der Waals surface area contributed by atoms with Crippen LogP contribution in [0.15, 0.2) is 24.3 Å². The van der Waals surface area contributed by atoms with E-state index in [2.05, 4.69) is 15.9 Å². The standard InChI is InChI=1S/C12H15BrClNO/c1-15(8-2-7-13)12(16)9-10-3-5-11(14)6-4-10/h3-6H,2,7-9H2,1H3. The number of benzene rings is 1. The van der Waals surface area contributed by atoms with Crippen molar-refractivity contribution >= 4 is 33.4 Å². The van der Waals surface area contributed by atoms with Gasteiger partial charge in [0.05, 0.1) is 6.42 Å². The Bertz CT molecular complexity index is 339. The van der Waals surface area contributed by atoms with E-state index >= 15 is 0 Å². The Labute approximate surface area is 110 Å². The molecule has 0 aliphatic heterocycles. The van der Waals surface area contributed by atoms with Gasteiger partial charge in [-0.05, 0) is 24.1 Å². The second kappa shape index (κ2) is 6.92. The summed E-state index contributed by atoms with van der Waals surface area (Å²) in [6, 6.07) is 7.39. The smallest absolute Gasteiger partial charge is 0.226 e. The second-order valence-corrected chi connectivity index (χ2v) is 4.89. The van der Waals surface area contributed by atoms with Crippen LogP contribution < -0.4 is 0 Å². The molecular weight excluding hydrogens is 289 g/mol. The van der Waals surface area contributed by atoms with Crippen LogP contribution in [-0.4, -0.2) is 29.7 Å². The average Bonchev–Trinajstić information content (AvgIpc) is 2.29. The first-order chi connectivity index (χ1) is 7.63. The summed E-state index contributed by atoms with van der Waals surface area (Å²) in [7, 11) is 1.83. The van der Waals surface area contributed by atoms with Crippen LogP contribution in [0.2, 0.25) is 5.02 Å². The molecule has 1 amide bonds. The fraction of sp³-hybridized carbons (Fsp3) is 0.417. The highest BCUT2D eigenvalue weighted by atomic mass is 79.9. The number of hydrogen-bond donors (Lipinski definition) is 0. The largest absolute Gasteiger partial charge is 0.345 e. The summed E-state index contributed by atoms with van der Waals surface area (Å²) in [6.45, 7) is 0.789. The number of hydrogen-bond acceptors (Lipinski definition) is 1. The van der Waals surface area contributed by atoms with Crippen LogP contribution >= 0.6 is 27.5 Å². The SMILES string of the molecule is CN(CCCBr)C(=O)Cc1ccc(Cl)cc1. The second-order valence-electron chi connectivity index (χ2n) is 3.66. The fourth-order valence-corrected chi connectivity index (χ4v) is 1.71. The molecule has 0 aliphatic carbocycles. The lowest BCUT2D eigenvalue weighted by Gasteiger charge is -2.16. The summed E-state index contributed by atoms with van der Waals surface area (Å²) >= 11 is 9.13. The number of rotatable bonds is 5. The number of carbonyl (C=O) groups is 1. The third-order valence-electron chi connectivity index (χ3n) is 2.32. The van der Waals surface area contributed by atoms with E-state index in [9.17, 15) is 4.79 Å². The average molecular weight is 305 g/mol. The third kappa shape index (κ3) is 4.54. The van der Waals surface area contributed by atoms with Crippen LogP contribution in [0.3, 0.4) is 0 Å². The molecule has 0 aromatic heterocycles. The van der Waals surface area contributed by atoms with Crippen molar-refractivity contribution in [2.45, 2.75) is 12.8 Å². The first-order valence-electron chi connectivity index (χ1n) is 5.18. The van der Waals surface area contributed by atoms with Gasteiger partial charge in [-0.2, -0.15) is 0 Å². The van der Waals surface area contributed by atoms with E-state index in [1.165, 1.54) is 0 Å². The molecule has 0 aliphatic rings. The van der Waals surface area contributed by atoms with Gasteiger partial charge in [-0.3, -0.25) is 4.79 Å². The van der Waals surface area contributed by atoms with Crippen molar-refractivity contribution in [3.63, 3.8) is 0 Å². The van der Waals surface area contributed by atoms with Crippen LogP contribution in [0.25, 0.3) is 0 Å². The zero-order chi connectivity index (χ0) is 12.0. The highest BCUT2D eigenvalue weighted by Gasteiger charge is 2.08. The van der Waals surface area contributed by atoms with E-state index < -0.39 is 0 Å². The maximum atomic E-state index is 11.8. The number of alkyl halides is 1. The van der Waals surface area contributed by atoms with Gasteiger partial charge in [-0.15, -0.1) is 0 Å². The monoisotopic (exact) mass is 303 g/mol. The molecule has 0 fully saturated rings. The molecule has 0 N–H and O–H groups in total.